The minimum atomic E-state index is -2.50. The first kappa shape index (κ1) is 5.30. The van der Waals surface area contributed by atoms with Gasteiger partial charge in [-0.1, -0.05) is 0 Å². The number of aromatic nitrogens is 2. The Morgan fingerprint density at radius 2 is 2.25 bits per heavy atom. The Morgan fingerprint density at radius 1 is 1.50 bits per heavy atom. The van der Waals surface area contributed by atoms with Crippen molar-refractivity contribution < 1.29 is 8.42 Å². The van der Waals surface area contributed by atoms with Crippen molar-refractivity contribution in [1.29, 1.82) is 0 Å². The van der Waals surface area contributed by atoms with Crippen LogP contribution in [0, 0.1) is 0 Å². The largest absolute Gasteiger partial charge is 0.244 e. The van der Waals surface area contributed by atoms with E-state index in [2.05, 4.69) is 4.98 Å². The summed E-state index contributed by atoms with van der Waals surface area (Å²) < 4.78 is 21.1. The van der Waals surface area contributed by atoms with Crippen LogP contribution in [0.1, 0.15) is 0 Å². The Bertz CT molecular complexity index is 217. The molecule has 0 amide bonds. The standard InChI is InChI=1S/C3H4N2O2S/c6-8(7)5-2-1-4-3-5/h1-3,8H. The van der Waals surface area contributed by atoms with Gasteiger partial charge in [-0.05, 0) is 0 Å². The predicted molar refractivity (Wildman–Crippen MR) is 27.9 cm³/mol. The molecule has 4 nitrogen and oxygen atoms in total. The molecule has 0 bridgehead atoms. The van der Waals surface area contributed by atoms with Gasteiger partial charge in [-0.15, -0.1) is 0 Å². The van der Waals surface area contributed by atoms with Gasteiger partial charge in [-0.3, -0.25) is 0 Å². The summed E-state index contributed by atoms with van der Waals surface area (Å²) in [5.41, 5.74) is 0. The van der Waals surface area contributed by atoms with Crippen LogP contribution in [-0.4, -0.2) is 17.4 Å². The zero-order valence-corrected chi connectivity index (χ0v) is 4.78. The molecule has 0 saturated heterocycles. The average Bonchev–Trinajstić information content (AvgIpc) is 2.12. The first-order chi connectivity index (χ1) is 3.80. The van der Waals surface area contributed by atoms with E-state index >= 15 is 0 Å². The molecule has 0 aromatic carbocycles. The lowest BCUT2D eigenvalue weighted by Gasteiger charge is -1.79. The summed E-state index contributed by atoms with van der Waals surface area (Å²) in [4.78, 5) is 3.52. The average molecular weight is 132 g/mol. The summed E-state index contributed by atoms with van der Waals surface area (Å²) in [5.74, 6) is 0. The van der Waals surface area contributed by atoms with Gasteiger partial charge >= 0.3 is 0 Å². The summed E-state index contributed by atoms with van der Waals surface area (Å²) in [6.07, 6.45) is 4.00. The van der Waals surface area contributed by atoms with Gasteiger partial charge in [-0.2, -0.15) is 0 Å². The Balaban J connectivity index is 3.11. The molecule has 5 heteroatoms. The Labute approximate surface area is 47.9 Å². The number of thiol groups is 1. The molecular formula is C3H4N2O2S. The molecule has 1 aromatic heterocycles. The third-order valence-electron chi connectivity index (χ3n) is 0.679. The number of hydrogen-bond acceptors (Lipinski definition) is 3. The van der Waals surface area contributed by atoms with Crippen molar-refractivity contribution in [2.45, 2.75) is 0 Å². The molecular weight excluding hydrogens is 128 g/mol. The Hall–Kier alpha value is -0.840. The first-order valence-corrected chi connectivity index (χ1v) is 3.06. The van der Waals surface area contributed by atoms with Crippen molar-refractivity contribution in [2.75, 3.05) is 0 Å². The smallest absolute Gasteiger partial charge is 0.229 e. The highest BCUT2D eigenvalue weighted by atomic mass is 32.2. The first-order valence-electron chi connectivity index (χ1n) is 1.93. The molecule has 1 heterocycles. The van der Waals surface area contributed by atoms with Crippen LogP contribution >= 0.6 is 0 Å². The number of imidazole rings is 1. The fourth-order valence-electron chi connectivity index (χ4n) is 0.349. The van der Waals surface area contributed by atoms with Crippen LogP contribution in [-0.2, 0) is 10.9 Å². The molecule has 0 atom stereocenters. The molecule has 44 valence electrons. The molecule has 0 aliphatic rings. The van der Waals surface area contributed by atoms with Gasteiger partial charge < -0.3 is 0 Å². The van der Waals surface area contributed by atoms with Gasteiger partial charge in [0.2, 0.25) is 10.9 Å². The number of rotatable bonds is 1. The quantitative estimate of drug-likeness (QED) is 0.512. The highest BCUT2D eigenvalue weighted by Crippen LogP contribution is 1.79. The monoisotopic (exact) mass is 132 g/mol. The normalized spacial score (nSPS) is 10.1. The van der Waals surface area contributed by atoms with Crippen molar-refractivity contribution in [3.63, 3.8) is 0 Å². The molecule has 0 unspecified atom stereocenters. The fourth-order valence-corrected chi connectivity index (χ4v) is 0.661. The maximum atomic E-state index is 10.0. The molecule has 8 heavy (non-hydrogen) atoms. The maximum absolute atomic E-state index is 10.0. The van der Waals surface area contributed by atoms with Crippen molar-refractivity contribution in [3.05, 3.63) is 18.7 Å². The van der Waals surface area contributed by atoms with Gasteiger partial charge in [0.25, 0.3) is 0 Å². The van der Waals surface area contributed by atoms with E-state index in [1.807, 2.05) is 0 Å². The van der Waals surface area contributed by atoms with Crippen molar-refractivity contribution in [2.24, 2.45) is 0 Å². The van der Waals surface area contributed by atoms with E-state index in [1.54, 1.807) is 0 Å². The van der Waals surface area contributed by atoms with Crippen LogP contribution in [0.15, 0.2) is 18.7 Å². The molecule has 0 N–H and O–H groups in total. The molecule has 0 aliphatic heterocycles. The second-order valence-electron chi connectivity index (χ2n) is 1.18. The van der Waals surface area contributed by atoms with Gasteiger partial charge in [-0.25, -0.2) is 17.4 Å². The van der Waals surface area contributed by atoms with Gasteiger partial charge in [0.05, 0.1) is 0 Å². The zero-order chi connectivity index (χ0) is 5.98. The van der Waals surface area contributed by atoms with Gasteiger partial charge in [0.15, 0.2) is 0 Å². The van der Waals surface area contributed by atoms with E-state index in [4.69, 9.17) is 0 Å². The second-order valence-corrected chi connectivity index (χ2v) is 2.12. The molecule has 0 aliphatic carbocycles. The van der Waals surface area contributed by atoms with Crippen LogP contribution in [0.25, 0.3) is 0 Å². The molecule has 0 saturated carbocycles. The van der Waals surface area contributed by atoms with Crippen molar-refractivity contribution >= 4 is 10.9 Å². The SMILES string of the molecule is O=[SH](=O)n1ccnc1. The summed E-state index contributed by atoms with van der Waals surface area (Å²) >= 11 is 0. The van der Waals surface area contributed by atoms with E-state index in [9.17, 15) is 8.42 Å². The van der Waals surface area contributed by atoms with Crippen LogP contribution in [0.4, 0.5) is 0 Å². The molecule has 0 fully saturated rings. The molecule has 0 radical (unpaired) electrons. The highest BCUT2D eigenvalue weighted by Gasteiger charge is 1.83. The number of hydrogen-bond donors (Lipinski definition) is 1. The van der Waals surface area contributed by atoms with Crippen LogP contribution in [0.3, 0.4) is 0 Å². The Morgan fingerprint density at radius 3 is 2.50 bits per heavy atom. The number of nitrogens with zero attached hydrogens (tertiary/aromatic N) is 2. The van der Waals surface area contributed by atoms with Gasteiger partial charge in [0.1, 0.15) is 6.33 Å². The summed E-state index contributed by atoms with van der Waals surface area (Å²) in [5, 5.41) is 0. The third kappa shape index (κ3) is 0.865. The Kier molecular flexibility index (Phi) is 1.29. The van der Waals surface area contributed by atoms with Gasteiger partial charge in [0, 0.05) is 12.4 Å². The third-order valence-corrected chi connectivity index (χ3v) is 1.29. The topological polar surface area (TPSA) is 52.0 Å². The van der Waals surface area contributed by atoms with Crippen LogP contribution < -0.4 is 0 Å². The van der Waals surface area contributed by atoms with Crippen molar-refractivity contribution in [1.82, 2.24) is 8.96 Å². The highest BCUT2D eigenvalue weighted by molar-refractivity contribution is 7.70. The minimum Gasteiger partial charge on any atom is -0.244 e. The molecule has 1 rings (SSSR count). The second kappa shape index (κ2) is 1.95. The van der Waals surface area contributed by atoms with E-state index in [1.165, 1.54) is 18.7 Å². The lowest BCUT2D eigenvalue weighted by Crippen LogP contribution is -1.88. The summed E-state index contributed by atoms with van der Waals surface area (Å²) in [7, 11) is -2.50. The maximum Gasteiger partial charge on any atom is 0.229 e. The van der Waals surface area contributed by atoms with E-state index in [0.29, 0.717) is 0 Å². The lowest BCUT2D eigenvalue weighted by atomic mass is 11.0. The van der Waals surface area contributed by atoms with Crippen LogP contribution in [0.2, 0.25) is 0 Å². The summed E-state index contributed by atoms with van der Waals surface area (Å²) in [6.45, 7) is 0. The van der Waals surface area contributed by atoms with E-state index in [-0.39, 0.29) is 0 Å². The zero-order valence-electron chi connectivity index (χ0n) is 3.89. The lowest BCUT2D eigenvalue weighted by molar-refractivity contribution is 0.607. The van der Waals surface area contributed by atoms with Crippen molar-refractivity contribution in [3.8, 4) is 0 Å². The molecule has 1 aromatic rings. The van der Waals surface area contributed by atoms with E-state index < -0.39 is 10.9 Å². The fraction of sp³-hybridized carbons (Fsp3) is 0. The minimum absolute atomic E-state index is 1.01. The summed E-state index contributed by atoms with van der Waals surface area (Å²) in [6, 6.07) is 0. The van der Waals surface area contributed by atoms with E-state index in [0.717, 1.165) is 3.97 Å². The van der Waals surface area contributed by atoms with Crippen LogP contribution in [0.5, 0.6) is 0 Å². The predicted octanol–water partition coefficient (Wildman–Crippen LogP) is -0.742. The molecule has 0 spiro atoms.